The van der Waals surface area contributed by atoms with Crippen LogP contribution >= 0.6 is 11.6 Å². The van der Waals surface area contributed by atoms with Crippen molar-refractivity contribution in [3.8, 4) is 11.5 Å². The SMILES string of the molecule is Clc1cc(NCCc2c[nH]c3ccccc23)nc(-c2ccccn2)n1. The van der Waals surface area contributed by atoms with Crippen molar-refractivity contribution in [1.29, 1.82) is 0 Å². The molecule has 0 fully saturated rings. The van der Waals surface area contributed by atoms with Crippen LogP contribution in [0.3, 0.4) is 0 Å². The molecule has 1 aromatic carbocycles. The highest BCUT2D eigenvalue weighted by atomic mass is 35.5. The summed E-state index contributed by atoms with van der Waals surface area (Å²) in [5.41, 5.74) is 3.12. The number of H-pyrrole nitrogens is 1. The summed E-state index contributed by atoms with van der Waals surface area (Å²) in [4.78, 5) is 16.3. The van der Waals surface area contributed by atoms with Gasteiger partial charge in [0.15, 0.2) is 5.82 Å². The van der Waals surface area contributed by atoms with Crippen LogP contribution in [-0.2, 0) is 6.42 Å². The van der Waals surface area contributed by atoms with Crippen molar-refractivity contribution < 1.29 is 0 Å². The van der Waals surface area contributed by atoms with Gasteiger partial charge in [0.2, 0.25) is 0 Å². The molecule has 0 saturated heterocycles. The molecule has 0 radical (unpaired) electrons. The van der Waals surface area contributed by atoms with Gasteiger partial charge in [-0.3, -0.25) is 4.98 Å². The summed E-state index contributed by atoms with van der Waals surface area (Å²) in [5.74, 6) is 1.21. The zero-order chi connectivity index (χ0) is 17.1. The Morgan fingerprint density at radius 3 is 2.80 bits per heavy atom. The Labute approximate surface area is 150 Å². The maximum absolute atomic E-state index is 6.13. The van der Waals surface area contributed by atoms with E-state index in [0.717, 1.165) is 18.5 Å². The molecule has 0 bridgehead atoms. The minimum Gasteiger partial charge on any atom is -0.370 e. The van der Waals surface area contributed by atoms with Crippen molar-refractivity contribution in [2.24, 2.45) is 0 Å². The van der Waals surface area contributed by atoms with Crippen LogP contribution in [-0.4, -0.2) is 26.5 Å². The molecule has 3 heterocycles. The molecular formula is C19H16ClN5. The van der Waals surface area contributed by atoms with E-state index in [1.54, 1.807) is 12.3 Å². The minimum atomic E-state index is 0.394. The van der Waals surface area contributed by atoms with Crippen LogP contribution in [0, 0.1) is 0 Å². The predicted molar refractivity (Wildman–Crippen MR) is 101 cm³/mol. The number of nitrogens with zero attached hydrogens (tertiary/aromatic N) is 3. The highest BCUT2D eigenvalue weighted by molar-refractivity contribution is 6.29. The van der Waals surface area contributed by atoms with Crippen LogP contribution in [0.4, 0.5) is 5.82 Å². The van der Waals surface area contributed by atoms with Crippen molar-refractivity contribution in [2.75, 3.05) is 11.9 Å². The van der Waals surface area contributed by atoms with E-state index in [0.29, 0.717) is 22.5 Å². The highest BCUT2D eigenvalue weighted by Crippen LogP contribution is 2.20. The number of anilines is 1. The van der Waals surface area contributed by atoms with E-state index in [-0.39, 0.29) is 0 Å². The van der Waals surface area contributed by atoms with Crippen molar-refractivity contribution in [1.82, 2.24) is 19.9 Å². The molecule has 0 aliphatic heterocycles. The normalized spacial score (nSPS) is 10.9. The lowest BCUT2D eigenvalue weighted by Gasteiger charge is -2.07. The predicted octanol–water partition coefficient (Wildman–Crippen LogP) is 4.33. The number of hydrogen-bond acceptors (Lipinski definition) is 4. The molecule has 4 aromatic rings. The smallest absolute Gasteiger partial charge is 0.181 e. The number of nitrogens with one attached hydrogen (secondary N) is 2. The second-order valence-electron chi connectivity index (χ2n) is 5.65. The number of rotatable bonds is 5. The van der Waals surface area contributed by atoms with E-state index < -0.39 is 0 Å². The summed E-state index contributed by atoms with van der Waals surface area (Å²) in [5, 5.41) is 4.96. The molecule has 0 spiro atoms. The first kappa shape index (κ1) is 15.6. The zero-order valence-electron chi connectivity index (χ0n) is 13.4. The number of halogens is 1. The molecule has 0 amide bonds. The monoisotopic (exact) mass is 349 g/mol. The molecule has 0 unspecified atom stereocenters. The first-order chi connectivity index (χ1) is 12.3. The molecule has 25 heavy (non-hydrogen) atoms. The molecule has 5 nitrogen and oxygen atoms in total. The Bertz CT molecular complexity index is 997. The van der Waals surface area contributed by atoms with Crippen LogP contribution < -0.4 is 5.32 Å². The summed E-state index contributed by atoms with van der Waals surface area (Å²) in [6, 6.07) is 15.6. The number of aromatic amines is 1. The van der Waals surface area contributed by atoms with Gasteiger partial charge >= 0.3 is 0 Å². The molecule has 0 aliphatic rings. The van der Waals surface area contributed by atoms with Crippen LogP contribution in [0.1, 0.15) is 5.56 Å². The summed E-state index contributed by atoms with van der Waals surface area (Å²) in [6.07, 6.45) is 4.65. The average Bonchev–Trinajstić information content (AvgIpc) is 3.05. The van der Waals surface area contributed by atoms with E-state index in [1.165, 1.54) is 10.9 Å². The fourth-order valence-electron chi connectivity index (χ4n) is 2.78. The third-order valence-corrected chi connectivity index (χ3v) is 4.16. The van der Waals surface area contributed by atoms with Crippen molar-refractivity contribution in [2.45, 2.75) is 6.42 Å². The van der Waals surface area contributed by atoms with Gasteiger partial charge in [-0.25, -0.2) is 9.97 Å². The first-order valence-corrected chi connectivity index (χ1v) is 8.42. The molecule has 3 aromatic heterocycles. The summed E-state index contributed by atoms with van der Waals surface area (Å²) in [6.45, 7) is 0.747. The average molecular weight is 350 g/mol. The number of para-hydroxylation sites is 1. The van der Waals surface area contributed by atoms with Crippen LogP contribution in [0.2, 0.25) is 5.15 Å². The molecular weight excluding hydrogens is 334 g/mol. The number of hydrogen-bond donors (Lipinski definition) is 2. The molecule has 0 atom stereocenters. The number of aromatic nitrogens is 4. The molecule has 2 N–H and O–H groups in total. The van der Waals surface area contributed by atoms with Gasteiger partial charge in [0.25, 0.3) is 0 Å². The standard InChI is InChI=1S/C19H16ClN5/c20-17-11-18(25-19(24-17)16-7-3-4-9-21-16)22-10-8-13-12-23-15-6-2-1-5-14(13)15/h1-7,9,11-12,23H,8,10H2,(H,22,24,25). The topological polar surface area (TPSA) is 66.5 Å². The van der Waals surface area contributed by atoms with E-state index in [2.05, 4.69) is 49.6 Å². The fourth-order valence-corrected chi connectivity index (χ4v) is 2.96. The van der Waals surface area contributed by atoms with Gasteiger partial charge in [-0.1, -0.05) is 35.9 Å². The highest BCUT2D eigenvalue weighted by Gasteiger charge is 2.07. The third-order valence-electron chi connectivity index (χ3n) is 3.96. The zero-order valence-corrected chi connectivity index (χ0v) is 14.2. The Morgan fingerprint density at radius 2 is 1.92 bits per heavy atom. The van der Waals surface area contributed by atoms with E-state index in [1.807, 2.05) is 24.3 Å². The van der Waals surface area contributed by atoms with Gasteiger partial charge in [-0.2, -0.15) is 0 Å². The lowest BCUT2D eigenvalue weighted by molar-refractivity contribution is 1.01. The molecule has 0 saturated carbocycles. The van der Waals surface area contributed by atoms with Crippen molar-refractivity contribution >= 4 is 28.3 Å². The van der Waals surface area contributed by atoms with Crippen LogP contribution in [0.5, 0.6) is 0 Å². The van der Waals surface area contributed by atoms with Gasteiger partial charge < -0.3 is 10.3 Å². The van der Waals surface area contributed by atoms with Gasteiger partial charge in [-0.15, -0.1) is 0 Å². The molecule has 124 valence electrons. The Balaban J connectivity index is 1.49. The van der Waals surface area contributed by atoms with E-state index in [4.69, 9.17) is 11.6 Å². The van der Waals surface area contributed by atoms with Gasteiger partial charge in [0.05, 0.1) is 0 Å². The Hall–Kier alpha value is -2.92. The van der Waals surface area contributed by atoms with Gasteiger partial charge in [0, 0.05) is 35.9 Å². The minimum absolute atomic E-state index is 0.394. The summed E-state index contributed by atoms with van der Waals surface area (Å²) in [7, 11) is 0. The summed E-state index contributed by atoms with van der Waals surface area (Å²) >= 11 is 6.13. The second kappa shape index (κ2) is 6.91. The maximum atomic E-state index is 6.13. The van der Waals surface area contributed by atoms with E-state index >= 15 is 0 Å². The Morgan fingerprint density at radius 1 is 1.04 bits per heavy atom. The van der Waals surface area contributed by atoms with Crippen molar-refractivity contribution in [3.05, 3.63) is 71.6 Å². The van der Waals surface area contributed by atoms with Crippen LogP contribution in [0.15, 0.2) is 60.9 Å². The molecule has 4 rings (SSSR count). The molecule has 6 heteroatoms. The quantitative estimate of drug-likeness (QED) is 0.526. The van der Waals surface area contributed by atoms with Gasteiger partial charge in [-0.05, 0) is 30.2 Å². The second-order valence-corrected chi connectivity index (χ2v) is 6.04. The third kappa shape index (κ3) is 3.46. The maximum Gasteiger partial charge on any atom is 0.181 e. The lowest BCUT2D eigenvalue weighted by Crippen LogP contribution is -2.07. The fraction of sp³-hybridized carbons (Fsp3) is 0.105. The Kier molecular flexibility index (Phi) is 4.31. The van der Waals surface area contributed by atoms with Gasteiger partial charge in [0.1, 0.15) is 16.7 Å². The molecule has 0 aliphatic carbocycles. The lowest BCUT2D eigenvalue weighted by atomic mass is 10.1. The number of benzene rings is 1. The first-order valence-electron chi connectivity index (χ1n) is 8.04. The van der Waals surface area contributed by atoms with E-state index in [9.17, 15) is 0 Å². The number of pyridine rings is 1. The summed E-state index contributed by atoms with van der Waals surface area (Å²) < 4.78 is 0. The van der Waals surface area contributed by atoms with Crippen molar-refractivity contribution in [3.63, 3.8) is 0 Å². The van der Waals surface area contributed by atoms with Crippen LogP contribution in [0.25, 0.3) is 22.4 Å². The largest absolute Gasteiger partial charge is 0.370 e. The number of fused-ring (bicyclic) bond motifs is 1.